The molecule has 0 saturated heterocycles. The highest BCUT2D eigenvalue weighted by Crippen LogP contribution is 2.48. The zero-order valence-electron chi connectivity index (χ0n) is 14.7. The Morgan fingerprint density at radius 1 is 1.07 bits per heavy atom. The summed E-state index contributed by atoms with van der Waals surface area (Å²) in [7, 11) is -3.76. The number of hydrogen-bond acceptors (Lipinski definition) is 2. The van der Waals surface area contributed by atoms with Crippen LogP contribution in [-0.2, 0) is 10.2 Å². The molecular formula is C19H18F3N3O2S. The molecule has 0 spiro atoms. The molecule has 1 aliphatic carbocycles. The van der Waals surface area contributed by atoms with Crippen LogP contribution in [0.3, 0.4) is 0 Å². The molecule has 1 fully saturated rings. The lowest BCUT2D eigenvalue weighted by atomic mass is 9.70. The molecular weight excluding hydrogens is 391 g/mol. The molecule has 1 heterocycles. The highest BCUT2D eigenvalue weighted by Gasteiger charge is 2.35. The van der Waals surface area contributed by atoms with Crippen LogP contribution in [0.5, 0.6) is 0 Å². The number of benzene rings is 2. The topological polar surface area (TPSA) is 88.0 Å². The second-order valence-corrected chi connectivity index (χ2v) is 8.54. The summed E-state index contributed by atoms with van der Waals surface area (Å²) in [5.41, 5.74) is 2.23. The highest BCUT2D eigenvalue weighted by atomic mass is 32.2. The Bertz CT molecular complexity index is 1140. The summed E-state index contributed by atoms with van der Waals surface area (Å²) in [4.78, 5) is 3.02. The lowest BCUT2D eigenvalue weighted by molar-refractivity contribution is 0.267. The van der Waals surface area contributed by atoms with Gasteiger partial charge in [-0.25, -0.2) is 23.0 Å². The van der Waals surface area contributed by atoms with Crippen LogP contribution in [0.1, 0.15) is 24.3 Å². The van der Waals surface area contributed by atoms with Crippen LogP contribution >= 0.6 is 0 Å². The van der Waals surface area contributed by atoms with E-state index in [-0.39, 0.29) is 23.9 Å². The van der Waals surface area contributed by atoms with E-state index < -0.39 is 27.7 Å². The molecule has 0 unspecified atom stereocenters. The van der Waals surface area contributed by atoms with Crippen molar-refractivity contribution in [2.24, 2.45) is 11.1 Å². The Labute approximate surface area is 159 Å². The van der Waals surface area contributed by atoms with Crippen molar-refractivity contribution in [3.8, 4) is 11.3 Å². The van der Waals surface area contributed by atoms with Crippen molar-refractivity contribution in [2.45, 2.75) is 18.8 Å². The minimum Gasteiger partial charge on any atom is -0.352 e. The van der Waals surface area contributed by atoms with E-state index in [4.69, 9.17) is 5.14 Å². The van der Waals surface area contributed by atoms with Gasteiger partial charge < -0.3 is 4.98 Å². The van der Waals surface area contributed by atoms with Crippen LogP contribution in [-0.4, -0.2) is 19.9 Å². The fourth-order valence-corrected chi connectivity index (χ4v) is 4.35. The highest BCUT2D eigenvalue weighted by molar-refractivity contribution is 7.87. The van der Waals surface area contributed by atoms with Gasteiger partial charge in [-0.3, -0.25) is 0 Å². The zero-order valence-corrected chi connectivity index (χ0v) is 15.5. The van der Waals surface area contributed by atoms with Crippen LogP contribution in [0.4, 0.5) is 13.2 Å². The first-order valence-electron chi connectivity index (χ1n) is 8.75. The van der Waals surface area contributed by atoms with Gasteiger partial charge in [0, 0.05) is 18.0 Å². The number of H-pyrrole nitrogens is 1. The molecule has 9 heteroatoms. The Kier molecular flexibility index (Phi) is 4.68. The summed E-state index contributed by atoms with van der Waals surface area (Å²) in [6.07, 6.45) is 1.28. The molecule has 0 aliphatic heterocycles. The van der Waals surface area contributed by atoms with Gasteiger partial charge in [-0.05, 0) is 66.1 Å². The van der Waals surface area contributed by atoms with Crippen molar-refractivity contribution in [3.05, 3.63) is 59.4 Å². The molecule has 2 aromatic carbocycles. The molecule has 1 saturated carbocycles. The smallest absolute Gasteiger partial charge is 0.274 e. The number of halogens is 3. The number of nitrogens with one attached hydrogen (secondary N) is 2. The predicted molar refractivity (Wildman–Crippen MR) is 100 cm³/mol. The lowest BCUT2D eigenvalue weighted by Gasteiger charge is -2.36. The standard InChI is InChI=1S/C19H18F3N3O2S/c20-13-3-1-11(2-4-13)18-17(12-5-10(6-12)9-24-28(23,26)27)15-7-14(21)8-16(22)19(15)25-18/h1-4,7-8,10,12,24-25H,5-6,9H2,(H2,23,26,27)/t10-,12-. The number of hydrogen-bond donors (Lipinski definition) is 3. The second-order valence-electron chi connectivity index (χ2n) is 7.16. The van der Waals surface area contributed by atoms with E-state index >= 15 is 0 Å². The molecule has 0 amide bonds. The van der Waals surface area contributed by atoms with Crippen LogP contribution in [0, 0.1) is 23.4 Å². The van der Waals surface area contributed by atoms with Crippen molar-refractivity contribution < 1.29 is 21.6 Å². The molecule has 148 valence electrons. The third kappa shape index (κ3) is 3.65. The first kappa shape index (κ1) is 19.0. The summed E-state index contributed by atoms with van der Waals surface area (Å²) in [5.74, 6) is -1.70. The van der Waals surface area contributed by atoms with Gasteiger partial charge in [0.1, 0.15) is 17.5 Å². The van der Waals surface area contributed by atoms with Crippen molar-refractivity contribution in [3.63, 3.8) is 0 Å². The van der Waals surface area contributed by atoms with E-state index in [1.165, 1.54) is 18.2 Å². The zero-order chi connectivity index (χ0) is 20.1. The van der Waals surface area contributed by atoms with Gasteiger partial charge in [0.25, 0.3) is 10.2 Å². The van der Waals surface area contributed by atoms with Crippen LogP contribution < -0.4 is 9.86 Å². The number of aromatic nitrogens is 1. The monoisotopic (exact) mass is 409 g/mol. The summed E-state index contributed by atoms with van der Waals surface area (Å²) < 4.78 is 65.9. The van der Waals surface area contributed by atoms with Crippen molar-refractivity contribution in [1.82, 2.24) is 9.71 Å². The third-order valence-electron chi connectivity index (χ3n) is 5.21. The maximum Gasteiger partial charge on any atom is 0.274 e. The van der Waals surface area contributed by atoms with Gasteiger partial charge in [0.15, 0.2) is 0 Å². The van der Waals surface area contributed by atoms with Gasteiger partial charge in [-0.15, -0.1) is 0 Å². The lowest BCUT2D eigenvalue weighted by Crippen LogP contribution is -2.38. The molecule has 0 radical (unpaired) electrons. The van der Waals surface area contributed by atoms with Gasteiger partial charge in [0.05, 0.1) is 11.2 Å². The molecule has 0 atom stereocenters. The van der Waals surface area contributed by atoms with E-state index in [9.17, 15) is 21.6 Å². The Hall–Kier alpha value is -2.36. The Balaban J connectivity index is 1.72. The molecule has 3 aromatic rings. The van der Waals surface area contributed by atoms with E-state index in [0.717, 1.165) is 11.6 Å². The minimum atomic E-state index is -3.76. The molecule has 4 rings (SSSR count). The minimum absolute atomic E-state index is 0.0118. The summed E-state index contributed by atoms with van der Waals surface area (Å²) >= 11 is 0. The summed E-state index contributed by atoms with van der Waals surface area (Å²) in [5, 5.41) is 5.40. The van der Waals surface area contributed by atoms with Crippen LogP contribution in [0.15, 0.2) is 36.4 Å². The number of aromatic amines is 1. The number of fused-ring (bicyclic) bond motifs is 1. The average Bonchev–Trinajstić information content (AvgIpc) is 2.93. The first-order chi connectivity index (χ1) is 13.2. The van der Waals surface area contributed by atoms with E-state index in [0.29, 0.717) is 29.5 Å². The molecule has 4 N–H and O–H groups in total. The SMILES string of the molecule is NS(=O)(=O)NC[C@H]1C[C@H](c2c(-c3ccc(F)cc3)[nH]c3c(F)cc(F)cc32)C1. The fourth-order valence-electron chi connectivity index (χ4n) is 3.88. The van der Waals surface area contributed by atoms with Crippen molar-refractivity contribution in [1.29, 1.82) is 0 Å². The van der Waals surface area contributed by atoms with Crippen LogP contribution in [0.2, 0.25) is 0 Å². The Morgan fingerprint density at radius 2 is 1.75 bits per heavy atom. The predicted octanol–water partition coefficient (Wildman–Crippen LogP) is 3.54. The number of rotatable bonds is 5. The molecule has 0 bridgehead atoms. The van der Waals surface area contributed by atoms with Gasteiger partial charge in [0.2, 0.25) is 0 Å². The van der Waals surface area contributed by atoms with Crippen molar-refractivity contribution >= 4 is 21.1 Å². The normalized spacial score (nSPS) is 19.7. The largest absolute Gasteiger partial charge is 0.352 e. The van der Waals surface area contributed by atoms with Crippen LogP contribution in [0.25, 0.3) is 22.2 Å². The fraction of sp³-hybridized carbons (Fsp3) is 0.263. The van der Waals surface area contributed by atoms with Gasteiger partial charge >= 0.3 is 0 Å². The number of nitrogens with two attached hydrogens (primary N) is 1. The maximum atomic E-state index is 14.3. The van der Waals surface area contributed by atoms with Crippen molar-refractivity contribution in [2.75, 3.05) is 6.54 Å². The maximum absolute atomic E-state index is 14.3. The molecule has 28 heavy (non-hydrogen) atoms. The van der Waals surface area contributed by atoms with E-state index in [1.54, 1.807) is 12.1 Å². The third-order valence-corrected chi connectivity index (χ3v) is 5.78. The first-order valence-corrected chi connectivity index (χ1v) is 10.3. The van der Waals surface area contributed by atoms with Gasteiger partial charge in [-0.1, -0.05) is 0 Å². The molecule has 1 aromatic heterocycles. The summed E-state index contributed by atoms with van der Waals surface area (Å²) in [6, 6.07) is 7.87. The quantitative estimate of drug-likeness (QED) is 0.602. The average molecular weight is 409 g/mol. The van der Waals surface area contributed by atoms with E-state index in [1.807, 2.05) is 0 Å². The Morgan fingerprint density at radius 3 is 2.39 bits per heavy atom. The molecule has 1 aliphatic rings. The summed E-state index contributed by atoms with van der Waals surface area (Å²) in [6.45, 7) is 0.215. The van der Waals surface area contributed by atoms with E-state index in [2.05, 4.69) is 9.71 Å². The second kappa shape index (κ2) is 6.91. The van der Waals surface area contributed by atoms with Gasteiger partial charge in [-0.2, -0.15) is 8.42 Å². The molecule has 5 nitrogen and oxygen atoms in total.